The summed E-state index contributed by atoms with van der Waals surface area (Å²) in [6.07, 6.45) is 3.52. The minimum absolute atomic E-state index is 0.173. The van der Waals surface area contributed by atoms with Crippen LogP contribution in [-0.2, 0) is 24.0 Å². The number of unbranched alkanes of at least 4 members (excludes halogenated alkanes) is 1. The number of hydrogen-bond acceptors (Lipinski definition) is 8. The van der Waals surface area contributed by atoms with E-state index in [9.17, 15) is 29.1 Å². The summed E-state index contributed by atoms with van der Waals surface area (Å²) >= 11 is 1.44. The summed E-state index contributed by atoms with van der Waals surface area (Å²) in [6, 6.07) is -4.10. The number of carboxylic acids is 1. The molecule has 0 aliphatic rings. The Balaban J connectivity index is 4.98. The average molecular weight is 477 g/mol. The Kier molecular flexibility index (Phi) is 15.1. The van der Waals surface area contributed by atoms with Crippen LogP contribution in [0.5, 0.6) is 0 Å². The predicted molar refractivity (Wildman–Crippen MR) is 121 cm³/mol. The van der Waals surface area contributed by atoms with Crippen LogP contribution in [0, 0.1) is 0 Å². The van der Waals surface area contributed by atoms with Crippen molar-refractivity contribution in [2.24, 2.45) is 17.2 Å². The topological polar surface area (TPSA) is 220 Å². The normalized spacial score (nSPS) is 14.5. The number of primary amides is 1. The van der Waals surface area contributed by atoms with Gasteiger partial charge in [-0.15, -0.1) is 0 Å². The van der Waals surface area contributed by atoms with Gasteiger partial charge in [0.15, 0.2) is 0 Å². The van der Waals surface area contributed by atoms with Gasteiger partial charge in [0.05, 0.1) is 6.04 Å². The van der Waals surface area contributed by atoms with E-state index in [4.69, 9.17) is 17.2 Å². The van der Waals surface area contributed by atoms with Gasteiger partial charge in [-0.1, -0.05) is 6.42 Å². The quantitative estimate of drug-likeness (QED) is 0.115. The van der Waals surface area contributed by atoms with Gasteiger partial charge in [0.1, 0.15) is 18.1 Å². The maximum absolute atomic E-state index is 12.6. The van der Waals surface area contributed by atoms with Gasteiger partial charge < -0.3 is 38.3 Å². The van der Waals surface area contributed by atoms with Crippen LogP contribution in [-0.4, -0.2) is 77.4 Å². The second-order valence-corrected chi connectivity index (χ2v) is 8.35. The molecule has 12 nitrogen and oxygen atoms in total. The number of aliphatic carboxylic acids is 1. The van der Waals surface area contributed by atoms with E-state index in [-0.39, 0.29) is 19.3 Å². The molecule has 4 unspecified atom stereocenters. The smallest absolute Gasteiger partial charge is 0.326 e. The summed E-state index contributed by atoms with van der Waals surface area (Å²) in [4.78, 5) is 59.6. The van der Waals surface area contributed by atoms with Crippen LogP contribution in [0.1, 0.15) is 45.4 Å². The van der Waals surface area contributed by atoms with Crippen molar-refractivity contribution in [1.29, 1.82) is 0 Å². The van der Waals surface area contributed by atoms with Crippen LogP contribution in [0.15, 0.2) is 0 Å². The third kappa shape index (κ3) is 12.5. The molecule has 0 aromatic carbocycles. The number of rotatable bonds is 17. The van der Waals surface area contributed by atoms with Crippen molar-refractivity contribution in [3.05, 3.63) is 0 Å². The maximum atomic E-state index is 12.6. The van der Waals surface area contributed by atoms with Gasteiger partial charge >= 0.3 is 5.97 Å². The number of hydrogen-bond donors (Lipinski definition) is 7. The molecule has 13 heteroatoms. The van der Waals surface area contributed by atoms with Crippen LogP contribution in [0.3, 0.4) is 0 Å². The van der Waals surface area contributed by atoms with E-state index in [1.165, 1.54) is 18.7 Å². The van der Waals surface area contributed by atoms with Gasteiger partial charge in [0.25, 0.3) is 0 Å². The Bertz CT molecular complexity index is 650. The first-order valence-corrected chi connectivity index (χ1v) is 11.8. The van der Waals surface area contributed by atoms with E-state index < -0.39 is 53.8 Å². The van der Waals surface area contributed by atoms with E-state index in [0.29, 0.717) is 25.1 Å². The molecule has 10 N–H and O–H groups in total. The summed E-state index contributed by atoms with van der Waals surface area (Å²) in [5.74, 6) is -3.31. The minimum atomic E-state index is -1.33. The first-order chi connectivity index (χ1) is 15.0. The second-order valence-electron chi connectivity index (χ2n) is 7.37. The van der Waals surface area contributed by atoms with Crippen LogP contribution >= 0.6 is 11.8 Å². The highest BCUT2D eigenvalue weighted by molar-refractivity contribution is 7.98. The lowest BCUT2D eigenvalue weighted by Gasteiger charge is -2.23. The van der Waals surface area contributed by atoms with Gasteiger partial charge in [0, 0.05) is 6.42 Å². The fourth-order valence-electron chi connectivity index (χ4n) is 2.64. The molecule has 0 aromatic heterocycles. The lowest BCUT2D eigenvalue weighted by molar-refractivity contribution is -0.142. The fourth-order valence-corrected chi connectivity index (χ4v) is 3.11. The lowest BCUT2D eigenvalue weighted by Crippen LogP contribution is -2.56. The Hall–Kier alpha value is -2.38. The zero-order valence-corrected chi connectivity index (χ0v) is 19.4. The predicted octanol–water partition coefficient (Wildman–Crippen LogP) is -1.98. The molecule has 0 aliphatic carbocycles. The Morgan fingerprint density at radius 2 is 1.53 bits per heavy atom. The van der Waals surface area contributed by atoms with Crippen molar-refractivity contribution >= 4 is 41.4 Å². The summed E-state index contributed by atoms with van der Waals surface area (Å²) in [7, 11) is 0. The van der Waals surface area contributed by atoms with Gasteiger partial charge in [-0.05, 0) is 51.2 Å². The highest BCUT2D eigenvalue weighted by atomic mass is 32.2. The van der Waals surface area contributed by atoms with Gasteiger partial charge in [0.2, 0.25) is 23.6 Å². The molecule has 4 amide bonds. The number of carbonyl (C=O) groups excluding carboxylic acids is 4. The zero-order chi connectivity index (χ0) is 24.7. The van der Waals surface area contributed by atoms with Gasteiger partial charge in [-0.25, -0.2) is 4.79 Å². The van der Waals surface area contributed by atoms with Crippen molar-refractivity contribution in [1.82, 2.24) is 16.0 Å². The SMILES string of the molecule is CSCCC(NC(=O)C(C)NC(=O)C(N)CCCCN)C(=O)NC(CCC(N)=O)C(=O)O. The molecular weight excluding hydrogens is 440 g/mol. The largest absolute Gasteiger partial charge is 0.480 e. The first-order valence-electron chi connectivity index (χ1n) is 10.4. The molecule has 0 heterocycles. The third-order valence-electron chi connectivity index (χ3n) is 4.60. The van der Waals surface area contributed by atoms with Gasteiger partial charge in [-0.3, -0.25) is 19.2 Å². The Morgan fingerprint density at radius 1 is 0.906 bits per heavy atom. The summed E-state index contributed by atoms with van der Waals surface area (Å²) in [5, 5.41) is 16.6. The number of carboxylic acid groups (broad SMARTS) is 1. The van der Waals surface area contributed by atoms with E-state index in [2.05, 4.69) is 16.0 Å². The van der Waals surface area contributed by atoms with E-state index in [1.807, 2.05) is 6.26 Å². The van der Waals surface area contributed by atoms with Gasteiger partial charge in [-0.2, -0.15) is 11.8 Å². The standard InChI is InChI=1S/C19H36N6O6S/c1-11(23-17(28)12(21)5-3-4-9-20)16(27)24-13(8-10-32-2)18(29)25-14(19(30)31)6-7-15(22)26/h11-14H,3-10,20-21H2,1-2H3,(H2,22,26)(H,23,28)(H,24,27)(H,25,29)(H,30,31). The molecule has 0 rings (SSSR count). The molecule has 0 saturated carbocycles. The van der Waals surface area contributed by atoms with Crippen LogP contribution < -0.4 is 33.2 Å². The molecule has 32 heavy (non-hydrogen) atoms. The Morgan fingerprint density at radius 3 is 2.06 bits per heavy atom. The maximum Gasteiger partial charge on any atom is 0.326 e. The molecule has 4 atom stereocenters. The molecule has 0 spiro atoms. The molecule has 0 aliphatic heterocycles. The number of nitrogens with two attached hydrogens (primary N) is 3. The summed E-state index contributed by atoms with van der Waals surface area (Å²) in [5.41, 5.74) is 16.3. The number of thioether (sulfide) groups is 1. The number of nitrogens with one attached hydrogen (secondary N) is 3. The highest BCUT2D eigenvalue weighted by Gasteiger charge is 2.28. The van der Waals surface area contributed by atoms with E-state index in [0.717, 1.165) is 6.42 Å². The van der Waals surface area contributed by atoms with E-state index >= 15 is 0 Å². The van der Waals surface area contributed by atoms with Crippen molar-refractivity contribution in [2.45, 2.75) is 69.6 Å². The van der Waals surface area contributed by atoms with Crippen LogP contribution in [0.25, 0.3) is 0 Å². The molecule has 0 saturated heterocycles. The average Bonchev–Trinajstić information content (AvgIpc) is 2.73. The molecule has 0 bridgehead atoms. The fraction of sp³-hybridized carbons (Fsp3) is 0.737. The second kappa shape index (κ2) is 16.3. The molecular formula is C19H36N6O6S. The van der Waals surface area contributed by atoms with Crippen molar-refractivity contribution < 1.29 is 29.1 Å². The van der Waals surface area contributed by atoms with Crippen LogP contribution in [0.2, 0.25) is 0 Å². The lowest BCUT2D eigenvalue weighted by atomic mass is 10.1. The molecule has 0 fully saturated rings. The first kappa shape index (κ1) is 29.6. The number of carbonyl (C=O) groups is 5. The third-order valence-corrected chi connectivity index (χ3v) is 5.24. The molecule has 0 aromatic rings. The monoisotopic (exact) mass is 476 g/mol. The minimum Gasteiger partial charge on any atom is -0.480 e. The zero-order valence-electron chi connectivity index (χ0n) is 18.6. The highest BCUT2D eigenvalue weighted by Crippen LogP contribution is 2.05. The molecule has 184 valence electrons. The number of amides is 4. The summed E-state index contributed by atoms with van der Waals surface area (Å²) in [6.45, 7) is 1.95. The van der Waals surface area contributed by atoms with Crippen LogP contribution in [0.4, 0.5) is 0 Å². The van der Waals surface area contributed by atoms with E-state index in [1.54, 1.807) is 0 Å². The van der Waals surface area contributed by atoms with Crippen molar-refractivity contribution in [3.63, 3.8) is 0 Å². The van der Waals surface area contributed by atoms with Crippen molar-refractivity contribution in [3.8, 4) is 0 Å². The Labute approximate surface area is 192 Å². The molecule has 0 radical (unpaired) electrons. The van der Waals surface area contributed by atoms with Crippen molar-refractivity contribution in [2.75, 3.05) is 18.6 Å². The summed E-state index contributed by atoms with van der Waals surface area (Å²) < 4.78 is 0.